The van der Waals surface area contributed by atoms with Gasteiger partial charge in [-0.25, -0.2) is 22.4 Å². The number of carbonyl (C=O) groups is 1. The normalized spacial score (nSPS) is 11.1. The molecule has 2 heterocycles. The van der Waals surface area contributed by atoms with Crippen molar-refractivity contribution in [2.45, 2.75) is 11.8 Å². The quantitative estimate of drug-likeness (QED) is 0.358. The van der Waals surface area contributed by atoms with Crippen LogP contribution in [0.25, 0.3) is 21.8 Å². The molecule has 1 amide bonds. The highest BCUT2D eigenvalue weighted by molar-refractivity contribution is 7.90. The van der Waals surface area contributed by atoms with Gasteiger partial charge in [0.15, 0.2) is 0 Å². The maximum Gasteiger partial charge on any atom is 0.300 e. The fourth-order valence-electron chi connectivity index (χ4n) is 3.76. The van der Waals surface area contributed by atoms with Crippen LogP contribution in [0.5, 0.6) is 0 Å². The van der Waals surface area contributed by atoms with Crippen molar-refractivity contribution in [3.8, 4) is 11.8 Å². The fourth-order valence-corrected chi connectivity index (χ4v) is 5.13. The molecule has 2 aromatic heterocycles. The summed E-state index contributed by atoms with van der Waals surface area (Å²) in [7, 11) is -3.71. The Bertz CT molecular complexity index is 1750. The highest BCUT2D eigenvalue weighted by Crippen LogP contribution is 2.29. The lowest BCUT2D eigenvalue weighted by Crippen LogP contribution is -2.11. The van der Waals surface area contributed by atoms with Crippen LogP contribution in [0.15, 0.2) is 90.2 Å². The second-order valence-corrected chi connectivity index (χ2v) is 9.43. The van der Waals surface area contributed by atoms with Gasteiger partial charge < -0.3 is 10.6 Å². The minimum Gasteiger partial charge on any atom is -0.340 e. The van der Waals surface area contributed by atoms with Gasteiger partial charge in [-0.3, -0.25) is 4.79 Å². The van der Waals surface area contributed by atoms with Gasteiger partial charge >= 0.3 is 0 Å². The van der Waals surface area contributed by atoms with Gasteiger partial charge in [0.05, 0.1) is 15.9 Å². The lowest BCUT2D eigenvalue weighted by atomic mass is 10.2. The summed E-state index contributed by atoms with van der Waals surface area (Å²) in [4.78, 5) is 20.7. The number of benzene rings is 3. The zero-order chi connectivity index (χ0) is 24.4. The number of aromatic nitrogens is 3. The Labute approximate surface area is 201 Å². The third-order valence-electron chi connectivity index (χ3n) is 5.35. The SMILES string of the molecule is CC#CC(=O)Nc1ccc2ncnc(Nc3ccc4c(ccn4S(=O)(=O)c4ccccc4)c3)c2c1. The van der Waals surface area contributed by atoms with Gasteiger partial charge in [0.25, 0.3) is 15.9 Å². The molecule has 172 valence electrons. The molecule has 0 aliphatic heterocycles. The molecule has 9 heteroatoms. The molecule has 0 spiro atoms. The first kappa shape index (κ1) is 22.1. The van der Waals surface area contributed by atoms with Crippen molar-refractivity contribution in [2.75, 3.05) is 10.6 Å². The molecule has 3 aromatic carbocycles. The molecule has 35 heavy (non-hydrogen) atoms. The summed E-state index contributed by atoms with van der Waals surface area (Å²) >= 11 is 0. The van der Waals surface area contributed by atoms with Crippen molar-refractivity contribution in [2.24, 2.45) is 0 Å². The molecule has 0 aliphatic rings. The smallest absolute Gasteiger partial charge is 0.300 e. The van der Waals surface area contributed by atoms with E-state index in [0.29, 0.717) is 27.9 Å². The summed E-state index contributed by atoms with van der Waals surface area (Å²) in [5.41, 5.74) is 2.55. The van der Waals surface area contributed by atoms with Crippen molar-refractivity contribution in [1.82, 2.24) is 13.9 Å². The first-order valence-electron chi connectivity index (χ1n) is 10.6. The monoisotopic (exact) mass is 481 g/mol. The van der Waals surface area contributed by atoms with Gasteiger partial charge in [-0.1, -0.05) is 24.1 Å². The van der Waals surface area contributed by atoms with E-state index < -0.39 is 15.9 Å². The second kappa shape index (κ2) is 8.93. The number of fused-ring (bicyclic) bond motifs is 2. The third-order valence-corrected chi connectivity index (χ3v) is 7.05. The van der Waals surface area contributed by atoms with E-state index >= 15 is 0 Å². The number of rotatable bonds is 5. The van der Waals surface area contributed by atoms with E-state index in [2.05, 4.69) is 32.4 Å². The first-order valence-corrected chi connectivity index (χ1v) is 12.1. The maximum atomic E-state index is 13.1. The molecule has 0 bridgehead atoms. The lowest BCUT2D eigenvalue weighted by molar-refractivity contribution is -0.111. The van der Waals surface area contributed by atoms with Crippen molar-refractivity contribution >= 4 is 54.9 Å². The standard InChI is InChI=1S/C26H19N5O3S/c1-2-6-25(32)29-20-9-11-23-22(16-20)26(28-17-27-23)30-19-10-12-24-18(15-19)13-14-31(24)35(33,34)21-7-4-3-5-8-21/h3-5,7-17H,1H3,(H,29,32)(H,27,28,30). The minimum atomic E-state index is -3.71. The fraction of sp³-hybridized carbons (Fsp3) is 0.0385. The summed E-state index contributed by atoms with van der Waals surface area (Å²) in [6.07, 6.45) is 3.00. The Morgan fingerprint density at radius 1 is 0.943 bits per heavy atom. The maximum absolute atomic E-state index is 13.1. The van der Waals surface area contributed by atoms with Gasteiger partial charge in [0.2, 0.25) is 0 Å². The minimum absolute atomic E-state index is 0.222. The van der Waals surface area contributed by atoms with Crippen LogP contribution >= 0.6 is 0 Å². The Morgan fingerprint density at radius 3 is 2.54 bits per heavy atom. The number of nitrogens with one attached hydrogen (secondary N) is 2. The summed E-state index contributed by atoms with van der Waals surface area (Å²) in [5, 5.41) is 7.46. The molecule has 0 atom stereocenters. The second-order valence-electron chi connectivity index (χ2n) is 7.61. The Morgan fingerprint density at radius 2 is 1.74 bits per heavy atom. The molecule has 0 unspecified atom stereocenters. The van der Waals surface area contributed by atoms with Crippen LogP contribution in [0.4, 0.5) is 17.2 Å². The van der Waals surface area contributed by atoms with Crippen LogP contribution in [0.2, 0.25) is 0 Å². The van der Waals surface area contributed by atoms with E-state index in [4.69, 9.17) is 0 Å². The lowest BCUT2D eigenvalue weighted by Gasteiger charge is -2.11. The molecule has 0 saturated heterocycles. The molecule has 5 aromatic rings. The van der Waals surface area contributed by atoms with Gasteiger partial charge in [-0.2, -0.15) is 0 Å². The summed E-state index contributed by atoms with van der Waals surface area (Å²) in [6, 6.07) is 20.8. The van der Waals surface area contributed by atoms with Crippen molar-refractivity contribution in [3.63, 3.8) is 0 Å². The molecule has 0 saturated carbocycles. The molecular weight excluding hydrogens is 462 g/mol. The highest BCUT2D eigenvalue weighted by atomic mass is 32.2. The topological polar surface area (TPSA) is 106 Å². The Kier molecular flexibility index (Phi) is 5.65. The molecule has 5 rings (SSSR count). The van der Waals surface area contributed by atoms with E-state index in [-0.39, 0.29) is 4.90 Å². The molecule has 0 radical (unpaired) electrons. The summed E-state index contributed by atoms with van der Waals surface area (Å²) in [6.45, 7) is 1.60. The van der Waals surface area contributed by atoms with Crippen molar-refractivity contribution in [1.29, 1.82) is 0 Å². The van der Waals surface area contributed by atoms with E-state index in [1.54, 1.807) is 79.9 Å². The van der Waals surface area contributed by atoms with Crippen molar-refractivity contribution in [3.05, 3.63) is 85.3 Å². The predicted octanol–water partition coefficient (Wildman–Crippen LogP) is 4.53. The van der Waals surface area contributed by atoms with Crippen LogP contribution in [-0.4, -0.2) is 28.3 Å². The first-order chi connectivity index (χ1) is 17.0. The number of nitrogens with zero attached hydrogens (tertiary/aromatic N) is 3. The zero-order valence-corrected chi connectivity index (χ0v) is 19.4. The highest BCUT2D eigenvalue weighted by Gasteiger charge is 2.18. The molecule has 2 N–H and O–H groups in total. The third kappa shape index (κ3) is 4.30. The Hall–Kier alpha value is -4.68. The van der Waals surface area contributed by atoms with Crippen LogP contribution in [0.1, 0.15) is 6.92 Å². The van der Waals surface area contributed by atoms with E-state index in [1.165, 1.54) is 10.3 Å². The van der Waals surface area contributed by atoms with Gasteiger partial charge in [0.1, 0.15) is 12.1 Å². The van der Waals surface area contributed by atoms with Crippen LogP contribution in [0.3, 0.4) is 0 Å². The van der Waals surface area contributed by atoms with Gasteiger partial charge in [0, 0.05) is 28.3 Å². The average Bonchev–Trinajstić information content (AvgIpc) is 3.29. The van der Waals surface area contributed by atoms with Crippen LogP contribution in [-0.2, 0) is 14.8 Å². The number of hydrogen-bond acceptors (Lipinski definition) is 6. The van der Waals surface area contributed by atoms with Crippen LogP contribution < -0.4 is 10.6 Å². The van der Waals surface area contributed by atoms with E-state index in [0.717, 1.165) is 11.1 Å². The average molecular weight is 482 g/mol. The van der Waals surface area contributed by atoms with E-state index in [9.17, 15) is 13.2 Å². The van der Waals surface area contributed by atoms with Crippen molar-refractivity contribution < 1.29 is 13.2 Å². The Balaban J connectivity index is 1.48. The molecule has 0 aliphatic carbocycles. The van der Waals surface area contributed by atoms with Gasteiger partial charge in [-0.05, 0) is 67.4 Å². The zero-order valence-electron chi connectivity index (χ0n) is 18.6. The summed E-state index contributed by atoms with van der Waals surface area (Å²) < 4.78 is 27.4. The summed E-state index contributed by atoms with van der Waals surface area (Å²) in [5.74, 6) is 5.15. The number of anilines is 3. The van der Waals surface area contributed by atoms with Gasteiger partial charge in [-0.15, -0.1) is 0 Å². The molecule has 8 nitrogen and oxygen atoms in total. The number of amides is 1. The number of hydrogen-bond donors (Lipinski definition) is 2. The largest absolute Gasteiger partial charge is 0.340 e. The molecular formula is C26H19N5O3S. The van der Waals surface area contributed by atoms with E-state index in [1.807, 2.05) is 6.07 Å². The molecule has 0 fully saturated rings. The predicted molar refractivity (Wildman–Crippen MR) is 136 cm³/mol. The number of carbonyl (C=O) groups excluding carboxylic acids is 1. The van der Waals surface area contributed by atoms with Crippen LogP contribution in [0, 0.1) is 11.8 Å².